The van der Waals surface area contributed by atoms with E-state index in [1.807, 2.05) is 13.8 Å². The minimum atomic E-state index is -3.94. The first-order valence-corrected chi connectivity index (χ1v) is 12.5. The van der Waals surface area contributed by atoms with Crippen LogP contribution in [0.4, 0.5) is 10.8 Å². The van der Waals surface area contributed by atoms with Crippen molar-refractivity contribution in [3.63, 3.8) is 0 Å². The molecule has 1 atom stereocenters. The van der Waals surface area contributed by atoms with Gasteiger partial charge in [-0.05, 0) is 58.5 Å². The summed E-state index contributed by atoms with van der Waals surface area (Å²) in [7, 11) is -3.94. The van der Waals surface area contributed by atoms with Crippen molar-refractivity contribution in [2.75, 3.05) is 16.8 Å². The van der Waals surface area contributed by atoms with Crippen molar-refractivity contribution in [3.8, 4) is 0 Å². The summed E-state index contributed by atoms with van der Waals surface area (Å²) in [5.41, 5.74) is 1.53. The van der Waals surface area contributed by atoms with Crippen LogP contribution in [0.15, 0.2) is 33.1 Å². The summed E-state index contributed by atoms with van der Waals surface area (Å²) in [6.45, 7) is 5.85. The van der Waals surface area contributed by atoms with E-state index in [1.54, 1.807) is 23.2 Å². The Kier molecular flexibility index (Phi) is 6.95. The fourth-order valence-electron chi connectivity index (χ4n) is 3.31. The number of nitrogens with zero attached hydrogens (tertiary/aromatic N) is 2. The number of nitrogens with one attached hydrogen (secondary N) is 2. The van der Waals surface area contributed by atoms with Gasteiger partial charge in [0.2, 0.25) is 21.8 Å². The van der Waals surface area contributed by atoms with Crippen molar-refractivity contribution >= 4 is 59.9 Å². The summed E-state index contributed by atoms with van der Waals surface area (Å²) in [5.74, 6) is -0.446. The maximum Gasteiger partial charge on any atom is 0.244 e. The van der Waals surface area contributed by atoms with Crippen molar-refractivity contribution in [1.29, 1.82) is 0 Å². The van der Waals surface area contributed by atoms with Gasteiger partial charge < -0.3 is 10.2 Å². The van der Waals surface area contributed by atoms with Gasteiger partial charge in [0.25, 0.3) is 0 Å². The van der Waals surface area contributed by atoms with Crippen LogP contribution in [0.3, 0.4) is 0 Å². The lowest BCUT2D eigenvalue weighted by molar-refractivity contribution is -0.118. The van der Waals surface area contributed by atoms with Crippen molar-refractivity contribution in [2.45, 2.75) is 44.6 Å². The van der Waals surface area contributed by atoms with E-state index in [9.17, 15) is 18.0 Å². The van der Waals surface area contributed by atoms with E-state index in [1.165, 1.54) is 24.3 Å². The lowest BCUT2D eigenvalue weighted by atomic mass is 10.0. The Hall–Kier alpha value is -1.82. The zero-order chi connectivity index (χ0) is 22.1. The maximum atomic E-state index is 13.0. The number of thiazole rings is 1. The van der Waals surface area contributed by atoms with Crippen LogP contribution < -0.4 is 14.9 Å². The molecule has 162 valence electrons. The summed E-state index contributed by atoms with van der Waals surface area (Å²) in [6.07, 6.45) is 2.49. The van der Waals surface area contributed by atoms with Crippen LogP contribution in [0.5, 0.6) is 0 Å². The average Bonchev–Trinajstić information content (AvgIpc) is 3.25. The first-order valence-electron chi connectivity index (χ1n) is 9.42. The quantitative estimate of drug-likeness (QED) is 0.589. The normalized spacial score (nSPS) is 14.6. The first-order chi connectivity index (χ1) is 14.1. The molecule has 1 unspecified atom stereocenters. The minimum absolute atomic E-state index is 0.0743. The molecule has 2 N–H and O–H groups in total. The Bertz CT molecular complexity index is 1070. The van der Waals surface area contributed by atoms with E-state index in [-0.39, 0.29) is 16.7 Å². The van der Waals surface area contributed by atoms with Crippen LogP contribution in [-0.4, -0.2) is 37.8 Å². The smallest absolute Gasteiger partial charge is 0.244 e. The highest BCUT2D eigenvalue weighted by Gasteiger charge is 2.29. The molecule has 1 aliphatic rings. The van der Waals surface area contributed by atoms with Crippen LogP contribution in [0.25, 0.3) is 0 Å². The van der Waals surface area contributed by atoms with Gasteiger partial charge in [-0.15, -0.1) is 0 Å². The number of benzene rings is 1. The van der Waals surface area contributed by atoms with E-state index in [4.69, 9.17) is 0 Å². The van der Waals surface area contributed by atoms with Crippen molar-refractivity contribution < 1.29 is 18.0 Å². The van der Waals surface area contributed by atoms with Crippen LogP contribution in [-0.2, 0) is 26.0 Å². The molecule has 11 heteroatoms. The molecule has 0 spiro atoms. The molecule has 0 aliphatic carbocycles. The molecule has 0 radical (unpaired) electrons. The highest BCUT2D eigenvalue weighted by atomic mass is 79.9. The summed E-state index contributed by atoms with van der Waals surface area (Å²) >= 11 is 4.53. The molecular weight excluding hydrogens is 492 g/mol. The molecule has 2 heterocycles. The van der Waals surface area contributed by atoms with Gasteiger partial charge in [0, 0.05) is 19.2 Å². The monoisotopic (exact) mass is 514 g/mol. The van der Waals surface area contributed by atoms with Gasteiger partial charge in [0.15, 0.2) is 5.13 Å². The number of anilines is 2. The first kappa shape index (κ1) is 22.9. The van der Waals surface area contributed by atoms with Gasteiger partial charge in [-0.1, -0.05) is 25.2 Å². The number of amides is 2. The topological polar surface area (TPSA) is 108 Å². The number of aromatic nitrogens is 1. The molecule has 0 bridgehead atoms. The summed E-state index contributed by atoms with van der Waals surface area (Å²) in [5, 5.41) is 3.06. The second-order valence-corrected chi connectivity index (χ2v) is 11.6. The predicted molar refractivity (Wildman–Crippen MR) is 120 cm³/mol. The van der Waals surface area contributed by atoms with Crippen molar-refractivity contribution in [1.82, 2.24) is 9.71 Å². The van der Waals surface area contributed by atoms with E-state index >= 15 is 0 Å². The predicted octanol–water partition coefficient (Wildman–Crippen LogP) is 3.15. The lowest BCUT2D eigenvalue weighted by Gasteiger charge is -2.20. The van der Waals surface area contributed by atoms with E-state index in [0.717, 1.165) is 15.0 Å². The molecule has 1 aromatic carbocycles. The molecule has 2 amide bonds. The number of rotatable bonds is 7. The van der Waals surface area contributed by atoms with Gasteiger partial charge in [0.05, 0.1) is 14.9 Å². The molecule has 0 fully saturated rings. The van der Waals surface area contributed by atoms with Crippen molar-refractivity contribution in [3.05, 3.63) is 33.7 Å². The number of fused-ring (bicyclic) bond motifs is 1. The minimum Gasteiger partial charge on any atom is -0.312 e. The standard InChI is InChI=1S/C19H23BrN4O4S2/c1-11(2)8-15(18(26)22-19-21-10-17(20)29-19)23-30(27,28)14-4-5-16-13(9-14)6-7-24(16)12(3)25/h4-5,9-11,15,23H,6-8H2,1-3H3,(H,21,22,26). The number of halogens is 1. The molecule has 0 saturated heterocycles. The zero-order valence-corrected chi connectivity index (χ0v) is 20.0. The number of hydrogen-bond donors (Lipinski definition) is 2. The second kappa shape index (κ2) is 9.13. The summed E-state index contributed by atoms with van der Waals surface area (Å²) in [4.78, 5) is 30.2. The largest absolute Gasteiger partial charge is 0.312 e. The Balaban J connectivity index is 1.81. The van der Waals surface area contributed by atoms with Gasteiger partial charge in [0.1, 0.15) is 6.04 Å². The Labute approximate surface area is 188 Å². The lowest BCUT2D eigenvalue weighted by Crippen LogP contribution is -2.44. The molecule has 0 saturated carbocycles. The molecule has 1 aliphatic heterocycles. The molecule has 8 nitrogen and oxygen atoms in total. The fourth-order valence-corrected chi connectivity index (χ4v) is 5.68. The fraction of sp³-hybridized carbons (Fsp3) is 0.421. The third-order valence-electron chi connectivity index (χ3n) is 4.67. The number of hydrogen-bond acceptors (Lipinski definition) is 6. The number of carbonyl (C=O) groups excluding carboxylic acids is 2. The van der Waals surface area contributed by atoms with Crippen LogP contribution in [0.1, 0.15) is 32.8 Å². The highest BCUT2D eigenvalue weighted by Crippen LogP contribution is 2.30. The third kappa shape index (κ3) is 5.26. The van der Waals surface area contributed by atoms with E-state index in [2.05, 4.69) is 31.0 Å². The second-order valence-electron chi connectivity index (χ2n) is 7.47. The maximum absolute atomic E-state index is 13.0. The van der Waals surface area contributed by atoms with Crippen molar-refractivity contribution in [2.24, 2.45) is 5.92 Å². The number of carbonyl (C=O) groups is 2. The highest BCUT2D eigenvalue weighted by molar-refractivity contribution is 9.11. The molecular formula is C19H23BrN4O4S2. The zero-order valence-electron chi connectivity index (χ0n) is 16.8. The van der Waals surface area contributed by atoms with E-state index < -0.39 is 22.0 Å². The Morgan fingerprint density at radius 3 is 2.67 bits per heavy atom. The van der Waals surface area contributed by atoms with E-state index in [0.29, 0.717) is 24.5 Å². The molecule has 30 heavy (non-hydrogen) atoms. The van der Waals surface area contributed by atoms with Gasteiger partial charge in [-0.2, -0.15) is 4.72 Å². The number of sulfonamides is 1. The third-order valence-corrected chi connectivity index (χ3v) is 7.53. The van der Waals surface area contributed by atoms with Crippen LogP contribution >= 0.6 is 27.3 Å². The molecule has 3 rings (SSSR count). The molecule has 2 aromatic rings. The summed E-state index contributed by atoms with van der Waals surface area (Å²) in [6, 6.07) is 3.73. The Morgan fingerprint density at radius 1 is 1.33 bits per heavy atom. The average molecular weight is 515 g/mol. The van der Waals surface area contributed by atoms with Crippen LogP contribution in [0.2, 0.25) is 0 Å². The Morgan fingerprint density at radius 2 is 2.07 bits per heavy atom. The molecule has 1 aromatic heterocycles. The van der Waals surface area contributed by atoms with Gasteiger partial charge in [-0.25, -0.2) is 13.4 Å². The summed E-state index contributed by atoms with van der Waals surface area (Å²) < 4.78 is 29.3. The van der Waals surface area contributed by atoms with Crippen LogP contribution in [0, 0.1) is 5.92 Å². The van der Waals surface area contributed by atoms with Gasteiger partial charge in [-0.3, -0.25) is 9.59 Å². The van der Waals surface area contributed by atoms with Gasteiger partial charge >= 0.3 is 0 Å². The SMILES string of the molecule is CC(=O)N1CCc2cc(S(=O)(=O)NC(CC(C)C)C(=O)Nc3ncc(Br)s3)ccc21.